The Kier molecular flexibility index (Phi) is 5.05. The van der Waals surface area contributed by atoms with Gasteiger partial charge < -0.3 is 10.2 Å². The smallest absolute Gasteiger partial charge is 0.257 e. The van der Waals surface area contributed by atoms with Crippen LogP contribution in [0.25, 0.3) is 0 Å². The van der Waals surface area contributed by atoms with Crippen molar-refractivity contribution < 1.29 is 9.18 Å². The highest BCUT2D eigenvalue weighted by Gasteiger charge is 2.25. The first-order chi connectivity index (χ1) is 11.7. The van der Waals surface area contributed by atoms with Crippen molar-refractivity contribution in [3.63, 3.8) is 0 Å². The van der Waals surface area contributed by atoms with Crippen molar-refractivity contribution in [2.75, 3.05) is 38.5 Å². The quantitative estimate of drug-likeness (QED) is 0.935. The summed E-state index contributed by atoms with van der Waals surface area (Å²) in [5.74, 6) is -0.758. The molecule has 1 aliphatic rings. The maximum absolute atomic E-state index is 14.3. The standard InChI is InChI=1S/C18H21FN4O/c1-20-17-16(19)15(7-8-21-17)18(24)23-11-9-22(10-12-23)13-14-5-3-2-4-6-14/h2-8H,9-13H2,1H3,(H,20,21). The number of aromatic nitrogens is 1. The number of pyridine rings is 1. The van der Waals surface area contributed by atoms with Gasteiger partial charge in [0.15, 0.2) is 11.6 Å². The Morgan fingerprint density at radius 1 is 1.17 bits per heavy atom. The number of carbonyl (C=O) groups excluding carboxylic acids is 1. The number of hydrogen-bond donors (Lipinski definition) is 1. The van der Waals surface area contributed by atoms with E-state index < -0.39 is 5.82 Å². The minimum Gasteiger partial charge on any atom is -0.371 e. The van der Waals surface area contributed by atoms with Crippen LogP contribution in [0.15, 0.2) is 42.6 Å². The molecular formula is C18H21FN4O. The summed E-state index contributed by atoms with van der Waals surface area (Å²) < 4.78 is 14.3. The van der Waals surface area contributed by atoms with E-state index >= 15 is 0 Å². The monoisotopic (exact) mass is 328 g/mol. The van der Waals surface area contributed by atoms with Crippen LogP contribution in [0.2, 0.25) is 0 Å². The van der Waals surface area contributed by atoms with Crippen molar-refractivity contribution >= 4 is 11.7 Å². The third kappa shape index (κ3) is 3.54. The zero-order valence-corrected chi connectivity index (χ0v) is 13.7. The summed E-state index contributed by atoms with van der Waals surface area (Å²) in [5, 5.41) is 2.66. The van der Waals surface area contributed by atoms with Gasteiger partial charge in [-0.05, 0) is 11.6 Å². The molecule has 3 rings (SSSR count). The molecule has 24 heavy (non-hydrogen) atoms. The lowest BCUT2D eigenvalue weighted by Crippen LogP contribution is -2.48. The van der Waals surface area contributed by atoms with E-state index in [0.29, 0.717) is 13.1 Å². The molecule has 0 bridgehead atoms. The molecule has 2 heterocycles. The van der Waals surface area contributed by atoms with E-state index in [1.807, 2.05) is 18.2 Å². The summed E-state index contributed by atoms with van der Waals surface area (Å²) in [6.45, 7) is 3.64. The number of rotatable bonds is 4. The van der Waals surface area contributed by atoms with Gasteiger partial charge in [0.25, 0.3) is 5.91 Å². The van der Waals surface area contributed by atoms with E-state index in [2.05, 4.69) is 27.3 Å². The molecule has 0 aliphatic carbocycles. The van der Waals surface area contributed by atoms with Crippen molar-refractivity contribution in [1.29, 1.82) is 0 Å². The summed E-state index contributed by atoms with van der Waals surface area (Å²) >= 11 is 0. The Morgan fingerprint density at radius 3 is 2.54 bits per heavy atom. The number of amides is 1. The first kappa shape index (κ1) is 16.4. The van der Waals surface area contributed by atoms with Gasteiger partial charge in [-0.2, -0.15) is 0 Å². The van der Waals surface area contributed by atoms with Crippen LogP contribution in [0, 0.1) is 5.82 Å². The highest BCUT2D eigenvalue weighted by molar-refractivity contribution is 5.95. The molecule has 1 aliphatic heterocycles. The van der Waals surface area contributed by atoms with Crippen LogP contribution in [0.4, 0.5) is 10.2 Å². The number of carbonyl (C=O) groups is 1. The van der Waals surface area contributed by atoms with E-state index in [4.69, 9.17) is 0 Å². The average molecular weight is 328 g/mol. The number of piperazine rings is 1. The van der Waals surface area contributed by atoms with Gasteiger partial charge in [-0.15, -0.1) is 0 Å². The fourth-order valence-corrected chi connectivity index (χ4v) is 2.90. The Bertz CT molecular complexity index is 699. The third-order valence-corrected chi connectivity index (χ3v) is 4.26. The lowest BCUT2D eigenvalue weighted by molar-refractivity contribution is 0.0624. The van der Waals surface area contributed by atoms with Gasteiger partial charge >= 0.3 is 0 Å². The Hall–Kier alpha value is -2.47. The molecule has 5 nitrogen and oxygen atoms in total. The van der Waals surface area contributed by atoms with E-state index in [9.17, 15) is 9.18 Å². The van der Waals surface area contributed by atoms with Crippen LogP contribution >= 0.6 is 0 Å². The van der Waals surface area contributed by atoms with Gasteiger partial charge in [-0.25, -0.2) is 9.37 Å². The molecule has 126 valence electrons. The molecule has 1 fully saturated rings. The Labute approximate surface area is 141 Å². The number of nitrogens with zero attached hydrogens (tertiary/aromatic N) is 3. The van der Waals surface area contributed by atoms with Crippen molar-refractivity contribution in [3.8, 4) is 0 Å². The highest BCUT2D eigenvalue weighted by atomic mass is 19.1. The normalized spacial score (nSPS) is 15.3. The van der Waals surface area contributed by atoms with E-state index in [1.54, 1.807) is 11.9 Å². The summed E-state index contributed by atoms with van der Waals surface area (Å²) in [5.41, 5.74) is 1.34. The lowest BCUT2D eigenvalue weighted by atomic mass is 10.1. The number of halogens is 1. The van der Waals surface area contributed by atoms with Crippen LogP contribution in [-0.2, 0) is 6.54 Å². The van der Waals surface area contributed by atoms with Crippen LogP contribution < -0.4 is 5.32 Å². The molecule has 0 saturated carbocycles. The zero-order valence-electron chi connectivity index (χ0n) is 13.7. The molecule has 1 N–H and O–H groups in total. The van der Waals surface area contributed by atoms with Crippen molar-refractivity contribution in [3.05, 3.63) is 59.5 Å². The molecule has 1 amide bonds. The minimum absolute atomic E-state index is 0.0749. The van der Waals surface area contributed by atoms with E-state index in [-0.39, 0.29) is 17.3 Å². The summed E-state index contributed by atoms with van der Waals surface area (Å²) in [7, 11) is 1.59. The Morgan fingerprint density at radius 2 is 1.88 bits per heavy atom. The summed E-state index contributed by atoms with van der Waals surface area (Å²) in [6.07, 6.45) is 1.45. The van der Waals surface area contributed by atoms with Crippen LogP contribution in [0.1, 0.15) is 15.9 Å². The molecule has 1 aromatic carbocycles. The Balaban J connectivity index is 1.61. The fraction of sp³-hybridized carbons (Fsp3) is 0.333. The van der Waals surface area contributed by atoms with Crippen LogP contribution in [0.5, 0.6) is 0 Å². The summed E-state index contributed by atoms with van der Waals surface area (Å²) in [6, 6.07) is 11.7. The summed E-state index contributed by atoms with van der Waals surface area (Å²) in [4.78, 5) is 20.5. The van der Waals surface area contributed by atoms with Crippen LogP contribution in [0.3, 0.4) is 0 Å². The molecule has 0 unspecified atom stereocenters. The first-order valence-electron chi connectivity index (χ1n) is 8.07. The predicted octanol–water partition coefficient (Wildman–Crippen LogP) is 2.22. The average Bonchev–Trinajstić information content (AvgIpc) is 2.63. The van der Waals surface area contributed by atoms with Crippen molar-refractivity contribution in [2.24, 2.45) is 0 Å². The topological polar surface area (TPSA) is 48.5 Å². The van der Waals surface area contributed by atoms with Gasteiger partial charge in [-0.1, -0.05) is 30.3 Å². The number of hydrogen-bond acceptors (Lipinski definition) is 4. The third-order valence-electron chi connectivity index (χ3n) is 4.26. The molecule has 1 saturated heterocycles. The highest BCUT2D eigenvalue weighted by Crippen LogP contribution is 2.18. The van der Waals surface area contributed by atoms with E-state index in [1.165, 1.54) is 17.8 Å². The van der Waals surface area contributed by atoms with Crippen molar-refractivity contribution in [2.45, 2.75) is 6.54 Å². The lowest BCUT2D eigenvalue weighted by Gasteiger charge is -2.34. The number of nitrogens with one attached hydrogen (secondary N) is 1. The van der Waals surface area contributed by atoms with Gasteiger partial charge in [0.1, 0.15) is 0 Å². The first-order valence-corrected chi connectivity index (χ1v) is 8.07. The molecule has 2 aromatic rings. The molecule has 6 heteroatoms. The SMILES string of the molecule is CNc1nccc(C(=O)N2CCN(Cc3ccccc3)CC2)c1F. The van der Waals surface area contributed by atoms with E-state index in [0.717, 1.165) is 19.6 Å². The molecule has 0 spiro atoms. The second-order valence-corrected chi connectivity index (χ2v) is 5.83. The number of benzene rings is 1. The zero-order chi connectivity index (χ0) is 16.9. The van der Waals surface area contributed by atoms with Gasteiger partial charge in [-0.3, -0.25) is 9.69 Å². The molecule has 1 aromatic heterocycles. The largest absolute Gasteiger partial charge is 0.371 e. The number of anilines is 1. The maximum Gasteiger partial charge on any atom is 0.257 e. The second-order valence-electron chi connectivity index (χ2n) is 5.83. The minimum atomic E-state index is -0.586. The predicted molar refractivity (Wildman–Crippen MR) is 91.4 cm³/mol. The van der Waals surface area contributed by atoms with Gasteiger partial charge in [0.2, 0.25) is 0 Å². The molecule has 0 atom stereocenters. The van der Waals surface area contributed by atoms with Crippen LogP contribution in [-0.4, -0.2) is 53.9 Å². The second kappa shape index (κ2) is 7.40. The fourth-order valence-electron chi connectivity index (χ4n) is 2.90. The van der Waals surface area contributed by atoms with Crippen molar-refractivity contribution in [1.82, 2.24) is 14.8 Å². The van der Waals surface area contributed by atoms with Gasteiger partial charge in [0.05, 0.1) is 5.56 Å². The maximum atomic E-state index is 14.3. The molecule has 0 radical (unpaired) electrons. The molecular weight excluding hydrogens is 307 g/mol. The van der Waals surface area contributed by atoms with Gasteiger partial charge in [0, 0.05) is 46.0 Å².